The zero-order chi connectivity index (χ0) is 27.8. The molecular weight excluding hydrogens is 533 g/mol. The highest BCUT2D eigenvalue weighted by Gasteiger charge is 2.28. The third-order valence-electron chi connectivity index (χ3n) is 6.34. The van der Waals surface area contributed by atoms with Gasteiger partial charge in [-0.15, -0.1) is 0 Å². The Morgan fingerprint density at radius 3 is 2.11 bits per heavy atom. The molecule has 2 atom stereocenters. The van der Waals surface area contributed by atoms with E-state index < -0.39 is 16.1 Å². The number of amides is 2. The Morgan fingerprint density at radius 2 is 1.59 bits per heavy atom. The Morgan fingerprint density at radius 1 is 1.00 bits per heavy atom. The summed E-state index contributed by atoms with van der Waals surface area (Å²) in [6, 6.07) is 11.6. The minimum absolute atomic E-state index is 0.0433. The first-order valence-electron chi connectivity index (χ1n) is 12.5. The number of sulfonamides is 1. The molecule has 0 saturated heterocycles. The second kappa shape index (κ2) is 14.0. The molecule has 0 heterocycles. The van der Waals surface area contributed by atoms with Gasteiger partial charge in [-0.2, -0.15) is 0 Å². The van der Waals surface area contributed by atoms with Crippen LogP contribution in [0, 0.1) is 0 Å². The van der Waals surface area contributed by atoms with E-state index in [0.29, 0.717) is 21.3 Å². The minimum Gasteiger partial charge on any atom is -0.352 e. The van der Waals surface area contributed by atoms with Gasteiger partial charge >= 0.3 is 0 Å². The van der Waals surface area contributed by atoms with Crippen LogP contribution in [0.3, 0.4) is 0 Å². The van der Waals surface area contributed by atoms with Gasteiger partial charge in [0.25, 0.3) is 0 Å². The van der Waals surface area contributed by atoms with Crippen LogP contribution in [0.1, 0.15) is 58.1 Å². The van der Waals surface area contributed by atoms with Crippen molar-refractivity contribution in [2.45, 2.75) is 72.0 Å². The molecule has 2 unspecified atom stereocenters. The third-order valence-corrected chi connectivity index (χ3v) is 8.25. The molecule has 7 nitrogen and oxygen atoms in total. The average molecular weight is 571 g/mol. The van der Waals surface area contributed by atoms with Crippen molar-refractivity contribution < 1.29 is 18.0 Å². The quantitative estimate of drug-likeness (QED) is 0.348. The first-order valence-corrected chi connectivity index (χ1v) is 15.1. The molecule has 37 heavy (non-hydrogen) atoms. The van der Waals surface area contributed by atoms with Crippen molar-refractivity contribution in [3.63, 3.8) is 0 Å². The van der Waals surface area contributed by atoms with Gasteiger partial charge < -0.3 is 10.2 Å². The second-order valence-electron chi connectivity index (χ2n) is 9.17. The van der Waals surface area contributed by atoms with Crippen molar-refractivity contribution in [1.82, 2.24) is 10.2 Å². The van der Waals surface area contributed by atoms with Crippen LogP contribution in [0.5, 0.6) is 0 Å². The van der Waals surface area contributed by atoms with E-state index in [0.717, 1.165) is 24.7 Å². The molecule has 0 radical (unpaired) electrons. The predicted octanol–water partition coefficient (Wildman–Crippen LogP) is 5.43. The first-order chi connectivity index (χ1) is 17.4. The largest absolute Gasteiger partial charge is 0.352 e. The molecule has 0 fully saturated rings. The highest BCUT2D eigenvalue weighted by Crippen LogP contribution is 2.27. The predicted molar refractivity (Wildman–Crippen MR) is 152 cm³/mol. The van der Waals surface area contributed by atoms with Gasteiger partial charge in [-0.1, -0.05) is 55.2 Å². The number of hydrogen-bond donors (Lipinski definition) is 1. The van der Waals surface area contributed by atoms with Crippen LogP contribution in [0.15, 0.2) is 42.5 Å². The molecule has 0 bridgehead atoms. The summed E-state index contributed by atoms with van der Waals surface area (Å²) >= 11 is 12.7. The summed E-state index contributed by atoms with van der Waals surface area (Å²) in [5.74, 6) is -0.572. The van der Waals surface area contributed by atoms with Gasteiger partial charge in [0, 0.05) is 41.2 Å². The average Bonchev–Trinajstić information content (AvgIpc) is 2.85. The normalized spacial score (nSPS) is 13.1. The molecule has 2 amide bonds. The van der Waals surface area contributed by atoms with E-state index in [4.69, 9.17) is 23.2 Å². The Labute approximate surface area is 231 Å². The summed E-state index contributed by atoms with van der Waals surface area (Å²) in [5.41, 5.74) is 2.20. The number of benzene rings is 2. The molecule has 0 saturated carbocycles. The SMILES string of the molecule is CCc1ccc(N(CCCC(=O)N(Cc2c(Cl)cccc2Cl)C(C)C(=O)NC(C)CC)S(C)(=O)=O)cc1. The fourth-order valence-corrected chi connectivity index (χ4v) is 5.29. The summed E-state index contributed by atoms with van der Waals surface area (Å²) in [7, 11) is -3.55. The number of rotatable bonds is 13. The van der Waals surface area contributed by atoms with Crippen molar-refractivity contribution >= 4 is 50.7 Å². The number of nitrogens with zero attached hydrogens (tertiary/aromatic N) is 2. The van der Waals surface area contributed by atoms with Gasteiger partial charge in [-0.25, -0.2) is 8.42 Å². The third kappa shape index (κ3) is 8.90. The zero-order valence-corrected chi connectivity index (χ0v) is 24.5. The molecule has 2 aromatic carbocycles. The van der Waals surface area contributed by atoms with Crippen molar-refractivity contribution in [3.8, 4) is 0 Å². The lowest BCUT2D eigenvalue weighted by Crippen LogP contribution is -2.49. The Kier molecular flexibility index (Phi) is 11.7. The Balaban J connectivity index is 2.22. The molecule has 0 spiro atoms. The molecule has 2 rings (SSSR count). The lowest BCUT2D eigenvalue weighted by molar-refractivity contribution is -0.140. The summed E-state index contributed by atoms with van der Waals surface area (Å²) < 4.78 is 26.3. The van der Waals surface area contributed by atoms with Crippen LogP contribution in [0.25, 0.3) is 0 Å². The van der Waals surface area contributed by atoms with Crippen LogP contribution in [0.4, 0.5) is 5.69 Å². The molecule has 1 N–H and O–H groups in total. The molecule has 0 aliphatic carbocycles. The molecule has 0 aliphatic rings. The lowest BCUT2D eigenvalue weighted by Gasteiger charge is -2.30. The minimum atomic E-state index is -3.55. The van der Waals surface area contributed by atoms with Gasteiger partial charge in [0.2, 0.25) is 21.8 Å². The number of carbonyl (C=O) groups is 2. The van der Waals surface area contributed by atoms with Crippen LogP contribution < -0.4 is 9.62 Å². The second-order valence-corrected chi connectivity index (χ2v) is 11.9. The van der Waals surface area contributed by atoms with E-state index in [9.17, 15) is 18.0 Å². The van der Waals surface area contributed by atoms with E-state index in [1.165, 1.54) is 9.21 Å². The number of carbonyl (C=O) groups excluding carboxylic acids is 2. The van der Waals surface area contributed by atoms with Gasteiger partial charge in [0.15, 0.2) is 0 Å². The fraction of sp³-hybridized carbons (Fsp3) is 0.481. The highest BCUT2D eigenvalue weighted by atomic mass is 35.5. The Bertz CT molecular complexity index is 1150. The number of aryl methyl sites for hydroxylation is 1. The molecule has 2 aromatic rings. The van der Waals surface area contributed by atoms with Crippen molar-refractivity contribution in [1.29, 1.82) is 0 Å². The van der Waals surface area contributed by atoms with Crippen molar-refractivity contribution in [3.05, 3.63) is 63.6 Å². The van der Waals surface area contributed by atoms with Crippen LogP contribution >= 0.6 is 23.2 Å². The maximum absolute atomic E-state index is 13.4. The maximum atomic E-state index is 13.4. The smallest absolute Gasteiger partial charge is 0.242 e. The Hall–Kier alpha value is -2.29. The van der Waals surface area contributed by atoms with Gasteiger partial charge in [0.05, 0.1) is 11.9 Å². The van der Waals surface area contributed by atoms with Gasteiger partial charge in [0.1, 0.15) is 6.04 Å². The maximum Gasteiger partial charge on any atom is 0.242 e. The molecule has 0 aliphatic heterocycles. The molecule has 10 heteroatoms. The zero-order valence-electron chi connectivity index (χ0n) is 22.1. The van der Waals surface area contributed by atoms with E-state index in [1.54, 1.807) is 37.3 Å². The number of hydrogen-bond acceptors (Lipinski definition) is 4. The van der Waals surface area contributed by atoms with Crippen LogP contribution in [-0.2, 0) is 32.6 Å². The number of anilines is 1. The lowest BCUT2D eigenvalue weighted by atomic mass is 10.1. The van der Waals surface area contributed by atoms with Gasteiger partial charge in [-0.05, 0) is 62.9 Å². The van der Waals surface area contributed by atoms with Crippen LogP contribution in [0.2, 0.25) is 10.0 Å². The topological polar surface area (TPSA) is 86.8 Å². The van der Waals surface area contributed by atoms with Crippen molar-refractivity contribution in [2.75, 3.05) is 17.1 Å². The monoisotopic (exact) mass is 569 g/mol. The summed E-state index contributed by atoms with van der Waals surface area (Å²) in [6.45, 7) is 7.74. The van der Waals surface area contributed by atoms with E-state index >= 15 is 0 Å². The fourth-order valence-electron chi connectivity index (χ4n) is 3.80. The number of halogens is 2. The number of nitrogens with one attached hydrogen (secondary N) is 1. The summed E-state index contributed by atoms with van der Waals surface area (Å²) in [4.78, 5) is 27.8. The molecular formula is C27H37Cl2N3O4S. The van der Waals surface area contributed by atoms with Crippen LogP contribution in [-0.4, -0.2) is 50.0 Å². The van der Waals surface area contributed by atoms with E-state index in [2.05, 4.69) is 5.32 Å². The molecule has 0 aromatic heterocycles. The van der Waals surface area contributed by atoms with Gasteiger partial charge in [-0.3, -0.25) is 13.9 Å². The summed E-state index contributed by atoms with van der Waals surface area (Å²) in [6.07, 6.45) is 3.07. The highest BCUT2D eigenvalue weighted by molar-refractivity contribution is 7.92. The van der Waals surface area contributed by atoms with E-state index in [-0.39, 0.29) is 43.8 Å². The molecule has 204 valence electrons. The van der Waals surface area contributed by atoms with Crippen molar-refractivity contribution in [2.24, 2.45) is 0 Å². The first kappa shape index (κ1) is 30.9. The summed E-state index contributed by atoms with van der Waals surface area (Å²) in [5, 5.41) is 3.72. The standard InChI is InChI=1S/C27H37Cl2N3O4S/c1-6-19(3)30-27(34)20(4)31(18-23-24(28)10-8-11-25(23)29)26(33)12-9-17-32(37(5,35)36)22-15-13-21(7-2)14-16-22/h8,10-11,13-16,19-20H,6-7,9,12,17-18H2,1-5H3,(H,30,34). The van der Waals surface area contributed by atoms with E-state index in [1.807, 2.05) is 32.9 Å².